The zero-order chi connectivity index (χ0) is 15.1. The van der Waals surface area contributed by atoms with E-state index in [1.807, 2.05) is 0 Å². The molecule has 0 aromatic heterocycles. The summed E-state index contributed by atoms with van der Waals surface area (Å²) in [4.78, 5) is 23.5. The molecule has 0 aliphatic rings. The summed E-state index contributed by atoms with van der Waals surface area (Å²) < 4.78 is 23.0. The summed E-state index contributed by atoms with van der Waals surface area (Å²) in [6, 6.07) is 4.12. The molecule has 1 aromatic rings. The first-order valence-electron chi connectivity index (χ1n) is 6.26. The lowest BCUT2D eigenvalue weighted by Crippen LogP contribution is -2.30. The first kappa shape index (κ1) is 16.4. The number of ether oxygens (including phenoxy) is 2. The second kappa shape index (κ2) is 7.85. The van der Waals surface area contributed by atoms with E-state index in [0.29, 0.717) is 5.56 Å². The lowest BCUT2D eigenvalue weighted by molar-refractivity contribution is -0.161. The zero-order valence-corrected chi connectivity index (χ0v) is 12.1. The molecule has 0 atom stereocenters. The third-order valence-corrected chi connectivity index (χ3v) is 2.87. The van der Waals surface area contributed by atoms with Crippen LogP contribution in [0, 0.1) is 11.7 Å². The van der Waals surface area contributed by atoms with Crippen molar-refractivity contribution in [2.75, 3.05) is 13.2 Å². The SMILES string of the molecule is CCOC(=O)C(Cc1ccc(Cl)c(F)c1)C(=O)OCC. The van der Waals surface area contributed by atoms with E-state index in [1.54, 1.807) is 19.9 Å². The van der Waals surface area contributed by atoms with Crippen molar-refractivity contribution in [3.8, 4) is 0 Å². The predicted molar refractivity (Wildman–Crippen MR) is 71.9 cm³/mol. The summed E-state index contributed by atoms with van der Waals surface area (Å²) in [6.07, 6.45) is 0.00571. The number of carbonyl (C=O) groups excluding carboxylic acids is 2. The molecule has 0 spiro atoms. The van der Waals surface area contributed by atoms with E-state index in [1.165, 1.54) is 12.1 Å². The lowest BCUT2D eigenvalue weighted by atomic mass is 9.99. The van der Waals surface area contributed by atoms with Crippen molar-refractivity contribution in [3.05, 3.63) is 34.6 Å². The third kappa shape index (κ3) is 4.49. The van der Waals surface area contributed by atoms with Gasteiger partial charge in [0.1, 0.15) is 5.82 Å². The summed E-state index contributed by atoms with van der Waals surface area (Å²) in [5, 5.41) is -0.0161. The van der Waals surface area contributed by atoms with Crippen molar-refractivity contribution in [2.45, 2.75) is 20.3 Å². The largest absolute Gasteiger partial charge is 0.465 e. The molecule has 110 valence electrons. The highest BCUT2D eigenvalue weighted by Crippen LogP contribution is 2.19. The Bertz CT molecular complexity index is 472. The first-order chi connectivity index (χ1) is 9.49. The molecule has 0 fully saturated rings. The van der Waals surface area contributed by atoms with Crippen LogP contribution in [0.1, 0.15) is 19.4 Å². The number of benzene rings is 1. The Kier molecular flexibility index (Phi) is 6.45. The van der Waals surface area contributed by atoms with E-state index in [9.17, 15) is 14.0 Å². The molecule has 0 heterocycles. The molecule has 1 rings (SSSR count). The first-order valence-corrected chi connectivity index (χ1v) is 6.64. The van der Waals surface area contributed by atoms with E-state index in [2.05, 4.69) is 0 Å². The molecular formula is C14H16ClFO4. The Morgan fingerprint density at radius 1 is 1.20 bits per heavy atom. The number of hydrogen-bond donors (Lipinski definition) is 0. The van der Waals surface area contributed by atoms with Gasteiger partial charge in [-0.15, -0.1) is 0 Å². The van der Waals surface area contributed by atoms with Gasteiger partial charge in [0.2, 0.25) is 0 Å². The van der Waals surface area contributed by atoms with E-state index in [0.717, 1.165) is 0 Å². The van der Waals surface area contributed by atoms with Gasteiger partial charge in [-0.25, -0.2) is 4.39 Å². The number of halogens is 2. The van der Waals surface area contributed by atoms with E-state index in [-0.39, 0.29) is 24.7 Å². The highest BCUT2D eigenvalue weighted by Gasteiger charge is 2.29. The second-order valence-corrected chi connectivity index (χ2v) is 4.42. The second-order valence-electron chi connectivity index (χ2n) is 4.01. The van der Waals surface area contributed by atoms with Gasteiger partial charge in [0, 0.05) is 0 Å². The van der Waals surface area contributed by atoms with Crippen LogP contribution in [-0.4, -0.2) is 25.2 Å². The Labute approximate surface area is 121 Å². The molecule has 0 saturated carbocycles. The molecule has 0 saturated heterocycles. The summed E-state index contributed by atoms with van der Waals surface area (Å²) in [6.45, 7) is 3.59. The zero-order valence-electron chi connectivity index (χ0n) is 11.3. The Hall–Kier alpha value is -1.62. The van der Waals surface area contributed by atoms with Crippen molar-refractivity contribution < 1.29 is 23.5 Å². The van der Waals surface area contributed by atoms with Gasteiger partial charge < -0.3 is 9.47 Å². The third-order valence-electron chi connectivity index (χ3n) is 2.57. The van der Waals surface area contributed by atoms with Gasteiger partial charge in [-0.3, -0.25) is 9.59 Å². The standard InChI is InChI=1S/C14H16ClFO4/c1-3-19-13(17)10(14(18)20-4-2)7-9-5-6-11(15)12(16)8-9/h5-6,8,10H,3-4,7H2,1-2H3. The molecule has 0 radical (unpaired) electrons. The minimum absolute atomic E-state index is 0.00571. The molecule has 0 aliphatic carbocycles. The van der Waals surface area contributed by atoms with Crippen molar-refractivity contribution in [2.24, 2.45) is 5.92 Å². The summed E-state index contributed by atoms with van der Waals surface area (Å²) in [5.41, 5.74) is 0.470. The molecule has 0 amide bonds. The van der Waals surface area contributed by atoms with Gasteiger partial charge in [0.05, 0.1) is 18.2 Å². The Balaban J connectivity index is 2.90. The monoisotopic (exact) mass is 302 g/mol. The Morgan fingerprint density at radius 2 is 1.75 bits per heavy atom. The molecule has 1 aromatic carbocycles. The molecule has 6 heteroatoms. The Morgan fingerprint density at radius 3 is 2.20 bits per heavy atom. The van der Waals surface area contributed by atoms with Crippen LogP contribution in [0.25, 0.3) is 0 Å². The minimum atomic E-state index is -1.10. The fourth-order valence-corrected chi connectivity index (χ4v) is 1.77. The van der Waals surface area contributed by atoms with Crippen molar-refractivity contribution >= 4 is 23.5 Å². The van der Waals surface area contributed by atoms with Crippen LogP contribution >= 0.6 is 11.6 Å². The van der Waals surface area contributed by atoms with E-state index in [4.69, 9.17) is 21.1 Å². The fraction of sp³-hybridized carbons (Fsp3) is 0.429. The molecule has 0 unspecified atom stereocenters. The van der Waals surface area contributed by atoms with E-state index >= 15 is 0 Å². The highest BCUT2D eigenvalue weighted by molar-refractivity contribution is 6.30. The number of esters is 2. The quantitative estimate of drug-likeness (QED) is 0.599. The van der Waals surface area contributed by atoms with Crippen LogP contribution in [0.3, 0.4) is 0 Å². The topological polar surface area (TPSA) is 52.6 Å². The van der Waals surface area contributed by atoms with Gasteiger partial charge >= 0.3 is 11.9 Å². The van der Waals surface area contributed by atoms with Crippen LogP contribution in [0.5, 0.6) is 0 Å². The van der Waals surface area contributed by atoms with Gasteiger partial charge in [0.25, 0.3) is 0 Å². The summed E-state index contributed by atoms with van der Waals surface area (Å²) in [7, 11) is 0. The van der Waals surface area contributed by atoms with Crippen molar-refractivity contribution in [1.82, 2.24) is 0 Å². The molecule has 4 nitrogen and oxygen atoms in total. The lowest BCUT2D eigenvalue weighted by Gasteiger charge is -2.14. The van der Waals surface area contributed by atoms with Crippen LogP contribution in [0.15, 0.2) is 18.2 Å². The maximum absolute atomic E-state index is 13.4. The average Bonchev–Trinajstić information content (AvgIpc) is 2.40. The molecular weight excluding hydrogens is 287 g/mol. The predicted octanol–water partition coefficient (Wildman–Crippen LogP) is 2.76. The minimum Gasteiger partial charge on any atom is -0.465 e. The van der Waals surface area contributed by atoms with Gasteiger partial charge in [0.15, 0.2) is 5.92 Å². The molecule has 20 heavy (non-hydrogen) atoms. The van der Waals surface area contributed by atoms with Crippen LogP contribution in [0.4, 0.5) is 4.39 Å². The van der Waals surface area contributed by atoms with Crippen molar-refractivity contribution in [1.29, 1.82) is 0 Å². The normalized spacial score (nSPS) is 10.4. The van der Waals surface area contributed by atoms with Crippen LogP contribution in [0.2, 0.25) is 5.02 Å². The van der Waals surface area contributed by atoms with Gasteiger partial charge in [-0.2, -0.15) is 0 Å². The number of hydrogen-bond acceptors (Lipinski definition) is 4. The molecule has 0 bridgehead atoms. The van der Waals surface area contributed by atoms with Crippen LogP contribution < -0.4 is 0 Å². The van der Waals surface area contributed by atoms with Crippen molar-refractivity contribution in [3.63, 3.8) is 0 Å². The maximum Gasteiger partial charge on any atom is 0.320 e. The summed E-state index contributed by atoms with van der Waals surface area (Å²) in [5.74, 6) is -3.06. The number of rotatable bonds is 6. The smallest absolute Gasteiger partial charge is 0.320 e. The maximum atomic E-state index is 13.4. The van der Waals surface area contributed by atoms with Crippen LogP contribution in [-0.2, 0) is 25.5 Å². The fourth-order valence-electron chi connectivity index (χ4n) is 1.65. The van der Waals surface area contributed by atoms with E-state index < -0.39 is 23.7 Å². The van der Waals surface area contributed by atoms with Gasteiger partial charge in [-0.1, -0.05) is 17.7 Å². The highest BCUT2D eigenvalue weighted by atomic mass is 35.5. The average molecular weight is 303 g/mol. The molecule has 0 aliphatic heterocycles. The van der Waals surface area contributed by atoms with Gasteiger partial charge in [-0.05, 0) is 38.0 Å². The number of carbonyl (C=O) groups is 2. The summed E-state index contributed by atoms with van der Waals surface area (Å²) >= 11 is 5.58. The molecule has 0 N–H and O–H groups in total.